The molecule has 0 bridgehead atoms. The molecule has 1 aromatic carbocycles. The van der Waals surface area contributed by atoms with E-state index in [2.05, 4.69) is 20.9 Å². The van der Waals surface area contributed by atoms with Gasteiger partial charge in [0.2, 0.25) is 5.56 Å². The van der Waals surface area contributed by atoms with Crippen LogP contribution in [0.5, 0.6) is 0 Å². The number of amides is 2. The molecule has 2 aromatic heterocycles. The van der Waals surface area contributed by atoms with Crippen LogP contribution in [-0.2, 0) is 11.3 Å². The molecule has 8 heteroatoms. The Hall–Kier alpha value is -3.42. The number of rotatable bonds is 3. The Morgan fingerprint density at radius 2 is 1.92 bits per heavy atom. The Kier molecular flexibility index (Phi) is 4.34. The van der Waals surface area contributed by atoms with Crippen molar-refractivity contribution in [2.45, 2.75) is 20.4 Å². The molecule has 128 valence electrons. The zero-order valence-electron chi connectivity index (χ0n) is 13.8. The van der Waals surface area contributed by atoms with Crippen molar-refractivity contribution in [1.29, 1.82) is 0 Å². The lowest BCUT2D eigenvalue weighted by atomic mass is 10.1. The summed E-state index contributed by atoms with van der Waals surface area (Å²) in [7, 11) is 0. The summed E-state index contributed by atoms with van der Waals surface area (Å²) in [5, 5.41) is 4.78. The predicted octanol–water partition coefficient (Wildman–Crippen LogP) is 0.803. The Morgan fingerprint density at radius 3 is 2.64 bits per heavy atom. The molecular weight excluding hydrogens is 322 g/mol. The van der Waals surface area contributed by atoms with Crippen molar-refractivity contribution in [3.8, 4) is 0 Å². The lowest BCUT2D eigenvalue weighted by molar-refractivity contribution is -0.122. The number of aromatic amines is 1. The number of benzene rings is 1. The number of hydrogen-bond acceptors (Lipinski definition) is 4. The van der Waals surface area contributed by atoms with E-state index in [4.69, 9.17) is 0 Å². The van der Waals surface area contributed by atoms with Gasteiger partial charge in [-0.1, -0.05) is 18.2 Å². The summed E-state index contributed by atoms with van der Waals surface area (Å²) in [4.78, 5) is 38.7. The maximum atomic E-state index is 12.3. The molecule has 3 rings (SSSR count). The summed E-state index contributed by atoms with van der Waals surface area (Å²) in [5.41, 5.74) is 6.67. The maximum absolute atomic E-state index is 12.3. The fourth-order valence-corrected chi connectivity index (χ4v) is 2.60. The van der Waals surface area contributed by atoms with E-state index >= 15 is 0 Å². The Bertz CT molecular complexity index is 1020. The summed E-state index contributed by atoms with van der Waals surface area (Å²) in [6, 6.07) is 10.0. The second kappa shape index (κ2) is 6.60. The van der Waals surface area contributed by atoms with Crippen molar-refractivity contribution < 1.29 is 9.59 Å². The molecule has 0 aliphatic heterocycles. The third kappa shape index (κ3) is 3.57. The SMILES string of the molecule is Cc1cc(C)n(CC(=O)NNC(=O)c2cc(=O)[nH]c3ccccc23)n1. The number of hydrazine groups is 1. The summed E-state index contributed by atoms with van der Waals surface area (Å²) < 4.78 is 1.54. The first kappa shape index (κ1) is 16.4. The minimum Gasteiger partial charge on any atom is -0.322 e. The van der Waals surface area contributed by atoms with Crippen LogP contribution in [0.1, 0.15) is 21.7 Å². The van der Waals surface area contributed by atoms with Crippen molar-refractivity contribution in [1.82, 2.24) is 25.6 Å². The van der Waals surface area contributed by atoms with Gasteiger partial charge < -0.3 is 4.98 Å². The van der Waals surface area contributed by atoms with E-state index in [1.54, 1.807) is 28.9 Å². The van der Waals surface area contributed by atoms with Crippen molar-refractivity contribution in [2.75, 3.05) is 0 Å². The highest BCUT2D eigenvalue weighted by atomic mass is 16.2. The van der Waals surface area contributed by atoms with Crippen LogP contribution in [0, 0.1) is 13.8 Å². The molecule has 25 heavy (non-hydrogen) atoms. The molecule has 0 fully saturated rings. The van der Waals surface area contributed by atoms with Gasteiger partial charge in [0.05, 0.1) is 11.3 Å². The molecule has 0 unspecified atom stereocenters. The molecule has 3 N–H and O–H groups in total. The Morgan fingerprint density at radius 1 is 1.16 bits per heavy atom. The number of nitrogens with one attached hydrogen (secondary N) is 3. The highest BCUT2D eigenvalue weighted by Crippen LogP contribution is 2.14. The number of carbonyl (C=O) groups excluding carboxylic acids is 2. The first-order valence-electron chi connectivity index (χ1n) is 7.66. The van der Waals surface area contributed by atoms with Gasteiger partial charge in [-0.05, 0) is 26.0 Å². The van der Waals surface area contributed by atoms with Gasteiger partial charge in [-0.25, -0.2) is 0 Å². The monoisotopic (exact) mass is 339 g/mol. The number of aryl methyl sites for hydroxylation is 2. The van der Waals surface area contributed by atoms with E-state index in [1.165, 1.54) is 6.07 Å². The van der Waals surface area contributed by atoms with Gasteiger partial charge in [0.25, 0.3) is 11.8 Å². The first-order chi connectivity index (χ1) is 11.9. The number of hydrogen-bond donors (Lipinski definition) is 3. The number of aromatic nitrogens is 3. The van der Waals surface area contributed by atoms with E-state index < -0.39 is 17.4 Å². The van der Waals surface area contributed by atoms with E-state index in [0.717, 1.165) is 11.4 Å². The quantitative estimate of drug-likeness (QED) is 0.613. The van der Waals surface area contributed by atoms with E-state index in [0.29, 0.717) is 10.9 Å². The molecule has 2 amide bonds. The highest BCUT2D eigenvalue weighted by molar-refractivity contribution is 6.06. The van der Waals surface area contributed by atoms with Gasteiger partial charge in [-0.3, -0.25) is 29.9 Å². The van der Waals surface area contributed by atoms with E-state index in [1.807, 2.05) is 19.9 Å². The van der Waals surface area contributed by atoms with Crippen LogP contribution in [0.4, 0.5) is 0 Å². The molecule has 0 saturated carbocycles. The van der Waals surface area contributed by atoms with Gasteiger partial charge in [-0.15, -0.1) is 0 Å². The smallest absolute Gasteiger partial charge is 0.270 e. The fourth-order valence-electron chi connectivity index (χ4n) is 2.60. The molecule has 0 aliphatic carbocycles. The molecule has 0 atom stereocenters. The number of H-pyrrole nitrogens is 1. The van der Waals surface area contributed by atoms with Crippen LogP contribution in [0.3, 0.4) is 0 Å². The lowest BCUT2D eigenvalue weighted by Gasteiger charge is -2.10. The van der Waals surface area contributed by atoms with Crippen molar-refractivity contribution in [2.24, 2.45) is 0 Å². The Balaban J connectivity index is 1.72. The van der Waals surface area contributed by atoms with Crippen LogP contribution in [0.15, 0.2) is 41.2 Å². The first-order valence-corrected chi connectivity index (χ1v) is 7.66. The molecule has 8 nitrogen and oxygen atoms in total. The number of fused-ring (bicyclic) bond motifs is 1. The van der Waals surface area contributed by atoms with Crippen LogP contribution >= 0.6 is 0 Å². The van der Waals surface area contributed by atoms with Gasteiger partial charge in [0.1, 0.15) is 6.54 Å². The molecule has 0 aliphatic rings. The van der Waals surface area contributed by atoms with Crippen molar-refractivity contribution >= 4 is 22.7 Å². The normalized spacial score (nSPS) is 10.6. The number of pyridine rings is 1. The number of nitrogens with zero attached hydrogens (tertiary/aromatic N) is 2. The molecule has 0 spiro atoms. The third-order valence-electron chi connectivity index (χ3n) is 3.71. The molecule has 3 aromatic rings. The third-order valence-corrected chi connectivity index (χ3v) is 3.71. The van der Waals surface area contributed by atoms with E-state index in [9.17, 15) is 14.4 Å². The van der Waals surface area contributed by atoms with E-state index in [-0.39, 0.29) is 12.1 Å². The zero-order chi connectivity index (χ0) is 18.0. The average Bonchev–Trinajstić information content (AvgIpc) is 2.89. The Labute approximate surface area is 142 Å². The second-order valence-electron chi connectivity index (χ2n) is 5.68. The number of para-hydroxylation sites is 1. The lowest BCUT2D eigenvalue weighted by Crippen LogP contribution is -2.43. The maximum Gasteiger partial charge on any atom is 0.270 e. The standard InChI is InChI=1S/C17H17N5O3/c1-10-7-11(2)22(21-10)9-16(24)19-20-17(25)13-8-15(23)18-14-6-4-3-5-12(13)14/h3-8H,9H2,1-2H3,(H,18,23)(H,19,24)(H,20,25). The molecular formula is C17H17N5O3. The minimum absolute atomic E-state index is 0.0178. The van der Waals surface area contributed by atoms with Crippen molar-refractivity contribution in [3.63, 3.8) is 0 Å². The summed E-state index contributed by atoms with van der Waals surface area (Å²) >= 11 is 0. The average molecular weight is 339 g/mol. The molecule has 2 heterocycles. The van der Waals surface area contributed by atoms with Crippen LogP contribution < -0.4 is 16.4 Å². The molecule has 0 saturated heterocycles. The van der Waals surface area contributed by atoms with Crippen LogP contribution in [0.25, 0.3) is 10.9 Å². The second-order valence-corrected chi connectivity index (χ2v) is 5.68. The fraction of sp³-hybridized carbons (Fsp3) is 0.176. The largest absolute Gasteiger partial charge is 0.322 e. The molecule has 0 radical (unpaired) electrons. The number of carbonyl (C=O) groups is 2. The predicted molar refractivity (Wildman–Crippen MR) is 91.9 cm³/mol. The minimum atomic E-state index is -0.566. The van der Waals surface area contributed by atoms with Gasteiger partial charge in [0, 0.05) is 22.7 Å². The van der Waals surface area contributed by atoms with Gasteiger partial charge in [0.15, 0.2) is 0 Å². The topological polar surface area (TPSA) is 109 Å². The summed E-state index contributed by atoms with van der Waals surface area (Å²) in [6.45, 7) is 3.66. The van der Waals surface area contributed by atoms with Crippen LogP contribution in [0.2, 0.25) is 0 Å². The summed E-state index contributed by atoms with van der Waals surface area (Å²) in [5.74, 6) is -0.988. The van der Waals surface area contributed by atoms with Gasteiger partial charge in [-0.2, -0.15) is 5.10 Å². The van der Waals surface area contributed by atoms with Gasteiger partial charge >= 0.3 is 0 Å². The highest BCUT2D eigenvalue weighted by Gasteiger charge is 2.13. The van der Waals surface area contributed by atoms with Crippen LogP contribution in [-0.4, -0.2) is 26.6 Å². The summed E-state index contributed by atoms with van der Waals surface area (Å²) in [6.07, 6.45) is 0. The van der Waals surface area contributed by atoms with Crippen molar-refractivity contribution in [3.05, 3.63) is 63.7 Å². The zero-order valence-corrected chi connectivity index (χ0v) is 13.8.